The van der Waals surface area contributed by atoms with Gasteiger partial charge in [-0.25, -0.2) is 0 Å². The Balaban J connectivity index is 1.47. The minimum absolute atomic E-state index is 0.151. The van der Waals surface area contributed by atoms with Crippen molar-refractivity contribution in [3.05, 3.63) is 29.8 Å². The van der Waals surface area contributed by atoms with Gasteiger partial charge in [0.15, 0.2) is 0 Å². The summed E-state index contributed by atoms with van der Waals surface area (Å²) in [5.41, 5.74) is 2.15. The zero-order valence-corrected chi connectivity index (χ0v) is 13.9. The van der Waals surface area contributed by atoms with Gasteiger partial charge < -0.3 is 10.2 Å². The maximum Gasteiger partial charge on any atom is 0.227 e. The molecule has 1 saturated carbocycles. The van der Waals surface area contributed by atoms with Gasteiger partial charge in [0.2, 0.25) is 11.8 Å². The largest absolute Gasteiger partial charge is 0.356 e. The summed E-state index contributed by atoms with van der Waals surface area (Å²) >= 11 is 0. The van der Waals surface area contributed by atoms with Crippen LogP contribution in [0.3, 0.4) is 0 Å². The third-order valence-corrected chi connectivity index (χ3v) is 5.09. The van der Waals surface area contributed by atoms with E-state index >= 15 is 0 Å². The van der Waals surface area contributed by atoms with Crippen molar-refractivity contribution in [1.82, 2.24) is 5.32 Å². The Labute approximate surface area is 138 Å². The van der Waals surface area contributed by atoms with Crippen LogP contribution in [0.1, 0.15) is 44.1 Å². The van der Waals surface area contributed by atoms with Crippen LogP contribution in [-0.2, 0) is 9.59 Å². The van der Waals surface area contributed by atoms with Crippen molar-refractivity contribution in [1.29, 1.82) is 0 Å². The summed E-state index contributed by atoms with van der Waals surface area (Å²) in [6, 6.07) is 8.04. The van der Waals surface area contributed by atoms with Crippen LogP contribution in [-0.4, -0.2) is 24.9 Å². The molecule has 1 N–H and O–H groups in total. The van der Waals surface area contributed by atoms with Crippen LogP contribution < -0.4 is 10.2 Å². The highest BCUT2D eigenvalue weighted by molar-refractivity contribution is 5.95. The summed E-state index contributed by atoms with van der Waals surface area (Å²) in [6.45, 7) is 3.35. The van der Waals surface area contributed by atoms with Crippen LogP contribution >= 0.6 is 0 Å². The van der Waals surface area contributed by atoms with Crippen molar-refractivity contribution in [2.45, 2.75) is 45.4 Å². The molecule has 1 unspecified atom stereocenters. The minimum atomic E-state index is 0.151. The van der Waals surface area contributed by atoms with Gasteiger partial charge in [-0.15, -0.1) is 0 Å². The lowest BCUT2D eigenvalue weighted by atomic mass is 10.0. The molecule has 4 heteroatoms. The fourth-order valence-electron chi connectivity index (χ4n) is 3.70. The smallest absolute Gasteiger partial charge is 0.227 e. The molecule has 1 aliphatic heterocycles. The standard InChI is InChI=1S/C19H26N2O2/c1-14-6-8-17(9-7-14)21-13-16(11-19(21)23)12-20-18(22)10-15-4-2-3-5-15/h6-9,15-16H,2-5,10-13H2,1H3,(H,20,22). The maximum atomic E-state index is 12.2. The predicted octanol–water partition coefficient (Wildman–Crippen LogP) is 3.04. The van der Waals surface area contributed by atoms with E-state index in [4.69, 9.17) is 0 Å². The van der Waals surface area contributed by atoms with Gasteiger partial charge in [-0.3, -0.25) is 9.59 Å². The highest BCUT2D eigenvalue weighted by Gasteiger charge is 2.30. The van der Waals surface area contributed by atoms with Crippen LogP contribution in [0.15, 0.2) is 24.3 Å². The number of rotatable bonds is 5. The second-order valence-corrected chi connectivity index (χ2v) is 7.07. The number of aryl methyl sites for hydroxylation is 1. The van der Waals surface area contributed by atoms with Gasteiger partial charge in [0, 0.05) is 37.5 Å². The lowest BCUT2D eigenvalue weighted by Gasteiger charge is -2.17. The monoisotopic (exact) mass is 314 g/mol. The van der Waals surface area contributed by atoms with Gasteiger partial charge in [0.25, 0.3) is 0 Å². The molecule has 1 saturated heterocycles. The van der Waals surface area contributed by atoms with Gasteiger partial charge >= 0.3 is 0 Å². The first-order chi connectivity index (χ1) is 11.1. The molecule has 1 aliphatic carbocycles. The Hall–Kier alpha value is -1.84. The normalized spacial score (nSPS) is 21.9. The van der Waals surface area contributed by atoms with Crippen LogP contribution in [0.4, 0.5) is 5.69 Å². The first-order valence-electron chi connectivity index (χ1n) is 8.75. The number of hydrogen-bond donors (Lipinski definition) is 1. The maximum absolute atomic E-state index is 12.2. The molecule has 2 fully saturated rings. The fourth-order valence-corrected chi connectivity index (χ4v) is 3.70. The number of nitrogens with one attached hydrogen (secondary N) is 1. The third kappa shape index (κ3) is 4.12. The van der Waals surface area contributed by atoms with Gasteiger partial charge in [-0.1, -0.05) is 30.5 Å². The second kappa shape index (κ2) is 7.16. The summed E-state index contributed by atoms with van der Waals surface area (Å²) in [4.78, 5) is 26.1. The molecule has 3 rings (SSSR count). The Bertz CT molecular complexity index is 561. The zero-order valence-electron chi connectivity index (χ0n) is 13.9. The summed E-state index contributed by atoms with van der Waals surface area (Å²) in [5.74, 6) is 1.10. The van der Waals surface area contributed by atoms with Crippen molar-refractivity contribution in [2.24, 2.45) is 11.8 Å². The van der Waals surface area contributed by atoms with E-state index in [1.807, 2.05) is 36.1 Å². The van der Waals surface area contributed by atoms with Crippen molar-refractivity contribution in [2.75, 3.05) is 18.0 Å². The van der Waals surface area contributed by atoms with E-state index in [9.17, 15) is 9.59 Å². The fraction of sp³-hybridized carbons (Fsp3) is 0.579. The molecule has 1 aromatic carbocycles. The van der Waals surface area contributed by atoms with E-state index in [0.717, 1.165) is 5.69 Å². The first kappa shape index (κ1) is 16.0. The molecule has 23 heavy (non-hydrogen) atoms. The van der Waals surface area contributed by atoms with Crippen molar-refractivity contribution in [3.63, 3.8) is 0 Å². The number of carbonyl (C=O) groups excluding carboxylic acids is 2. The topological polar surface area (TPSA) is 49.4 Å². The van der Waals surface area contributed by atoms with E-state index in [1.54, 1.807) is 0 Å². The number of carbonyl (C=O) groups is 2. The molecule has 0 bridgehead atoms. The molecule has 0 spiro atoms. The van der Waals surface area contributed by atoms with Gasteiger partial charge in [-0.2, -0.15) is 0 Å². The number of benzene rings is 1. The first-order valence-corrected chi connectivity index (χ1v) is 8.75. The summed E-state index contributed by atoms with van der Waals surface area (Å²) in [7, 11) is 0. The summed E-state index contributed by atoms with van der Waals surface area (Å²) in [5, 5.41) is 3.04. The molecule has 0 radical (unpaired) electrons. The van der Waals surface area contributed by atoms with E-state index in [0.29, 0.717) is 31.8 Å². The Morgan fingerprint density at radius 2 is 1.87 bits per heavy atom. The van der Waals surface area contributed by atoms with Crippen molar-refractivity contribution < 1.29 is 9.59 Å². The van der Waals surface area contributed by atoms with Gasteiger partial charge in [0.05, 0.1) is 0 Å². The molecule has 124 valence electrons. The second-order valence-electron chi connectivity index (χ2n) is 7.07. The van der Waals surface area contributed by atoms with E-state index in [1.165, 1.54) is 31.2 Å². The van der Waals surface area contributed by atoms with Crippen LogP contribution in [0.25, 0.3) is 0 Å². The van der Waals surface area contributed by atoms with Gasteiger partial charge in [-0.05, 0) is 37.8 Å². The molecular formula is C19H26N2O2. The molecular weight excluding hydrogens is 288 g/mol. The highest BCUT2D eigenvalue weighted by atomic mass is 16.2. The van der Waals surface area contributed by atoms with Crippen LogP contribution in [0.2, 0.25) is 0 Å². The molecule has 2 aliphatic rings. The Morgan fingerprint density at radius 1 is 1.17 bits per heavy atom. The Kier molecular flexibility index (Phi) is 4.99. The van der Waals surface area contributed by atoms with Crippen LogP contribution in [0, 0.1) is 18.8 Å². The Morgan fingerprint density at radius 3 is 2.57 bits per heavy atom. The van der Waals surface area contributed by atoms with Crippen molar-refractivity contribution in [3.8, 4) is 0 Å². The zero-order chi connectivity index (χ0) is 16.2. The molecule has 1 atom stereocenters. The quantitative estimate of drug-likeness (QED) is 0.908. The average Bonchev–Trinajstić information content (AvgIpc) is 3.16. The van der Waals surface area contributed by atoms with E-state index < -0.39 is 0 Å². The SMILES string of the molecule is Cc1ccc(N2CC(CNC(=O)CC3CCCC3)CC2=O)cc1. The third-order valence-electron chi connectivity index (χ3n) is 5.09. The lowest BCUT2D eigenvalue weighted by Crippen LogP contribution is -2.32. The average molecular weight is 314 g/mol. The number of anilines is 1. The highest BCUT2D eigenvalue weighted by Crippen LogP contribution is 2.28. The number of nitrogens with zero attached hydrogens (tertiary/aromatic N) is 1. The summed E-state index contributed by atoms with van der Waals surface area (Å²) in [6.07, 6.45) is 6.09. The van der Waals surface area contributed by atoms with Gasteiger partial charge in [0.1, 0.15) is 0 Å². The van der Waals surface area contributed by atoms with E-state index in [-0.39, 0.29) is 17.7 Å². The summed E-state index contributed by atoms with van der Waals surface area (Å²) < 4.78 is 0. The predicted molar refractivity (Wildman–Crippen MR) is 91.2 cm³/mol. The number of amides is 2. The lowest BCUT2D eigenvalue weighted by molar-refractivity contribution is -0.122. The minimum Gasteiger partial charge on any atom is -0.356 e. The van der Waals surface area contributed by atoms with Crippen LogP contribution in [0.5, 0.6) is 0 Å². The van der Waals surface area contributed by atoms with Crippen molar-refractivity contribution >= 4 is 17.5 Å². The number of hydrogen-bond acceptors (Lipinski definition) is 2. The molecule has 0 aromatic heterocycles. The molecule has 1 heterocycles. The van der Waals surface area contributed by atoms with E-state index in [2.05, 4.69) is 5.32 Å². The molecule has 1 aromatic rings. The molecule has 4 nitrogen and oxygen atoms in total. The molecule has 2 amide bonds.